The summed E-state index contributed by atoms with van der Waals surface area (Å²) in [7, 11) is 0. The van der Waals surface area contributed by atoms with Gasteiger partial charge in [-0.15, -0.1) is 10.1 Å². The van der Waals surface area contributed by atoms with Crippen LogP contribution in [0.25, 0.3) is 0 Å². The van der Waals surface area contributed by atoms with Gasteiger partial charge in [0.2, 0.25) is 0 Å². The van der Waals surface area contributed by atoms with Gasteiger partial charge in [0.1, 0.15) is 0 Å². The Morgan fingerprint density at radius 2 is 1.92 bits per heavy atom. The van der Waals surface area contributed by atoms with Crippen LogP contribution in [0.2, 0.25) is 0 Å². The SMILES string of the molecule is O=C([O-])CCCCCO[N+](=O)[O-].[Ag+]. The standard InChI is InChI=1S/C6H11NO5.Ag/c8-6(9)4-2-1-3-5-12-7(10)11;/h1-5H2,(H,8,9);/q;+1/p-1. The molecule has 0 aromatic carbocycles. The molecule has 80 valence electrons. The van der Waals surface area contributed by atoms with Crippen LogP contribution in [0.5, 0.6) is 0 Å². The van der Waals surface area contributed by atoms with Gasteiger partial charge in [0.25, 0.3) is 5.09 Å². The van der Waals surface area contributed by atoms with Crippen LogP contribution in [0.1, 0.15) is 25.7 Å². The summed E-state index contributed by atoms with van der Waals surface area (Å²) in [5.74, 6) is -1.09. The van der Waals surface area contributed by atoms with Crippen LogP contribution in [-0.2, 0) is 32.0 Å². The molecule has 0 aromatic rings. The average Bonchev–Trinajstić information content (AvgIpc) is 1.95. The van der Waals surface area contributed by atoms with E-state index in [4.69, 9.17) is 0 Å². The zero-order chi connectivity index (χ0) is 9.40. The molecule has 0 amide bonds. The van der Waals surface area contributed by atoms with Gasteiger partial charge in [0.15, 0.2) is 0 Å². The van der Waals surface area contributed by atoms with Gasteiger partial charge < -0.3 is 14.7 Å². The minimum absolute atomic E-state index is 0. The summed E-state index contributed by atoms with van der Waals surface area (Å²) in [6.07, 6.45) is 1.57. The van der Waals surface area contributed by atoms with Crippen molar-refractivity contribution in [2.45, 2.75) is 25.7 Å². The number of carbonyl (C=O) groups is 1. The van der Waals surface area contributed by atoms with E-state index in [1.54, 1.807) is 0 Å². The Kier molecular flexibility index (Phi) is 10.9. The van der Waals surface area contributed by atoms with Crippen LogP contribution >= 0.6 is 0 Å². The normalized spacial score (nSPS) is 8.62. The molecule has 0 atom stereocenters. The van der Waals surface area contributed by atoms with E-state index in [1.165, 1.54) is 0 Å². The van der Waals surface area contributed by atoms with E-state index in [2.05, 4.69) is 4.84 Å². The van der Waals surface area contributed by atoms with E-state index in [9.17, 15) is 20.0 Å². The molecule has 0 saturated heterocycles. The fourth-order valence-corrected chi connectivity index (χ4v) is 0.687. The number of nitrogens with zero attached hydrogens (tertiary/aromatic N) is 1. The van der Waals surface area contributed by atoms with Crippen molar-refractivity contribution in [1.82, 2.24) is 0 Å². The van der Waals surface area contributed by atoms with Crippen LogP contribution in [-0.4, -0.2) is 17.7 Å². The van der Waals surface area contributed by atoms with E-state index < -0.39 is 11.1 Å². The maximum Gasteiger partial charge on any atom is 1.00 e. The molecule has 0 rings (SSSR count). The number of rotatable bonds is 7. The molecule has 13 heavy (non-hydrogen) atoms. The van der Waals surface area contributed by atoms with Crippen LogP contribution in [0.15, 0.2) is 0 Å². The van der Waals surface area contributed by atoms with Crippen LogP contribution in [0, 0.1) is 10.1 Å². The third-order valence-corrected chi connectivity index (χ3v) is 1.22. The molecule has 0 aliphatic heterocycles. The van der Waals surface area contributed by atoms with E-state index in [-0.39, 0.29) is 35.4 Å². The Morgan fingerprint density at radius 3 is 2.38 bits per heavy atom. The molecule has 0 aromatic heterocycles. The molecule has 0 radical (unpaired) electrons. The van der Waals surface area contributed by atoms with Crippen molar-refractivity contribution in [3.05, 3.63) is 10.1 Å². The van der Waals surface area contributed by atoms with Gasteiger partial charge in [0, 0.05) is 5.97 Å². The van der Waals surface area contributed by atoms with Crippen molar-refractivity contribution in [3.8, 4) is 0 Å². The van der Waals surface area contributed by atoms with Crippen molar-refractivity contribution in [1.29, 1.82) is 0 Å². The Labute approximate surface area is 90.9 Å². The van der Waals surface area contributed by atoms with Crippen LogP contribution in [0.3, 0.4) is 0 Å². The molecule has 0 aliphatic carbocycles. The first-order valence-corrected chi connectivity index (χ1v) is 3.60. The van der Waals surface area contributed by atoms with Crippen molar-refractivity contribution in [3.63, 3.8) is 0 Å². The summed E-state index contributed by atoms with van der Waals surface area (Å²) < 4.78 is 0. The second-order valence-corrected chi connectivity index (χ2v) is 2.24. The molecule has 0 N–H and O–H groups in total. The fourth-order valence-electron chi connectivity index (χ4n) is 0.687. The van der Waals surface area contributed by atoms with Crippen molar-refractivity contribution in [2.24, 2.45) is 0 Å². The predicted octanol–water partition coefficient (Wildman–Crippen LogP) is -0.498. The Hall–Kier alpha value is -0.590. The van der Waals surface area contributed by atoms with E-state index in [0.29, 0.717) is 19.3 Å². The number of carbonyl (C=O) groups excluding carboxylic acids is 1. The maximum absolute atomic E-state index is 9.89. The molecule has 0 bridgehead atoms. The Morgan fingerprint density at radius 1 is 1.31 bits per heavy atom. The van der Waals surface area contributed by atoms with Gasteiger partial charge in [-0.3, -0.25) is 0 Å². The quantitative estimate of drug-likeness (QED) is 0.272. The molecular formula is C6H10AgNO5. The Bertz CT molecular complexity index is 145. The zero-order valence-corrected chi connectivity index (χ0v) is 8.31. The summed E-state index contributed by atoms with van der Waals surface area (Å²) in [5, 5.41) is 18.6. The minimum atomic E-state index is -1.09. The van der Waals surface area contributed by atoms with Gasteiger partial charge in [0.05, 0.1) is 6.61 Å². The zero-order valence-electron chi connectivity index (χ0n) is 6.83. The third kappa shape index (κ3) is 14.3. The smallest absolute Gasteiger partial charge is 0.550 e. The number of carboxylic acids is 1. The first-order valence-electron chi connectivity index (χ1n) is 3.60. The van der Waals surface area contributed by atoms with E-state index >= 15 is 0 Å². The summed E-state index contributed by atoms with van der Waals surface area (Å²) in [5.41, 5.74) is 0. The molecular weight excluding hydrogens is 274 g/mol. The number of hydrogen-bond acceptors (Lipinski definition) is 5. The number of unbranched alkanes of at least 4 members (excludes halogenated alkanes) is 2. The number of hydrogen-bond donors (Lipinski definition) is 0. The second kappa shape index (κ2) is 9.50. The van der Waals surface area contributed by atoms with E-state index in [1.807, 2.05) is 0 Å². The number of carboxylic acid groups (broad SMARTS) is 1. The van der Waals surface area contributed by atoms with Crippen molar-refractivity contribution < 1.29 is 42.2 Å². The largest absolute Gasteiger partial charge is 1.00 e. The molecule has 0 heterocycles. The molecule has 0 aliphatic rings. The van der Waals surface area contributed by atoms with E-state index in [0.717, 1.165) is 0 Å². The first-order chi connectivity index (χ1) is 5.63. The fraction of sp³-hybridized carbons (Fsp3) is 0.833. The summed E-state index contributed by atoms with van der Waals surface area (Å²) in [6.45, 7) is 0.0278. The monoisotopic (exact) mass is 283 g/mol. The predicted molar refractivity (Wildman–Crippen MR) is 36.4 cm³/mol. The maximum atomic E-state index is 9.89. The number of aliphatic carboxylic acids is 1. The van der Waals surface area contributed by atoms with Gasteiger partial charge in [-0.2, -0.15) is 0 Å². The van der Waals surface area contributed by atoms with Crippen molar-refractivity contribution >= 4 is 5.97 Å². The molecule has 0 unspecified atom stereocenters. The summed E-state index contributed by atoms with van der Waals surface area (Å²) in [4.78, 5) is 23.5. The molecule has 0 spiro atoms. The molecule has 6 nitrogen and oxygen atoms in total. The van der Waals surface area contributed by atoms with Crippen LogP contribution in [0.4, 0.5) is 0 Å². The molecule has 7 heteroatoms. The Balaban J connectivity index is 0. The van der Waals surface area contributed by atoms with Crippen molar-refractivity contribution in [2.75, 3.05) is 6.61 Å². The van der Waals surface area contributed by atoms with Gasteiger partial charge in [-0.1, -0.05) is 6.42 Å². The van der Waals surface area contributed by atoms with Gasteiger partial charge in [-0.05, 0) is 19.3 Å². The second-order valence-electron chi connectivity index (χ2n) is 2.24. The molecule has 0 saturated carbocycles. The summed E-state index contributed by atoms with van der Waals surface area (Å²) >= 11 is 0. The average molecular weight is 284 g/mol. The summed E-state index contributed by atoms with van der Waals surface area (Å²) in [6, 6.07) is 0. The first kappa shape index (κ1) is 14.9. The molecule has 0 fully saturated rings. The van der Waals surface area contributed by atoms with Gasteiger partial charge in [-0.25, -0.2) is 0 Å². The van der Waals surface area contributed by atoms with Gasteiger partial charge >= 0.3 is 22.4 Å². The van der Waals surface area contributed by atoms with Crippen LogP contribution < -0.4 is 5.11 Å². The third-order valence-electron chi connectivity index (χ3n) is 1.22. The topological polar surface area (TPSA) is 92.5 Å². The minimum Gasteiger partial charge on any atom is -0.550 e.